The maximum atomic E-state index is 14.1. The zero-order valence-electron chi connectivity index (χ0n) is 40.6. The predicted octanol–water partition coefficient (Wildman–Crippen LogP) is 12.5. The number of imidazole rings is 2. The van der Waals surface area contributed by atoms with Crippen molar-refractivity contribution in [3.05, 3.63) is 174 Å². The Morgan fingerprint density at radius 3 is 1.74 bits per heavy atom. The number of aromatic carboxylic acids is 1. The van der Waals surface area contributed by atoms with Gasteiger partial charge in [0.05, 0.1) is 17.2 Å². The van der Waals surface area contributed by atoms with Crippen LogP contribution in [0.1, 0.15) is 83.7 Å². The lowest BCUT2D eigenvalue weighted by molar-refractivity contribution is -0.138. The molecule has 1 amide bonds. The van der Waals surface area contributed by atoms with Gasteiger partial charge in [0.1, 0.15) is 34.2 Å². The second kappa shape index (κ2) is 24.4. The van der Waals surface area contributed by atoms with Gasteiger partial charge in [-0.15, -0.1) is 24.0 Å². The number of nitrogens with one attached hydrogen (secondary N) is 2. The third-order valence-corrected chi connectivity index (χ3v) is 13.3. The number of halogens is 7. The number of anilines is 1. The van der Waals surface area contributed by atoms with E-state index in [0.717, 1.165) is 73.6 Å². The lowest BCUT2D eigenvalue weighted by Crippen LogP contribution is -2.51. The minimum Gasteiger partial charge on any atom is -0.476 e. The second-order valence-electron chi connectivity index (χ2n) is 18.3. The summed E-state index contributed by atoms with van der Waals surface area (Å²) < 4.78 is 79.2. The number of nitrogens with zero attached hydrogens (tertiary/aromatic N) is 7. The molecule has 2 aliphatic heterocycles. The molecule has 0 spiro atoms. The van der Waals surface area contributed by atoms with Gasteiger partial charge < -0.3 is 20.6 Å². The molecule has 8 heterocycles. The first-order valence-corrected chi connectivity index (χ1v) is 24.2. The zero-order chi connectivity index (χ0) is 51.7. The van der Waals surface area contributed by atoms with E-state index in [9.17, 15) is 41.0 Å². The maximum absolute atomic E-state index is 14.1. The molecule has 2 saturated heterocycles. The number of aromatic nitrogens is 6. The highest BCUT2D eigenvalue weighted by molar-refractivity contribution is 14.0. The molecule has 12 nitrogen and oxygen atoms in total. The standard InChI is InChI=1S/C27H26F3N5O.C14H19F3N2.C14H10N2O2.HI/c1-18-8-7-15-34(21(18)17-32-22-13-12-20(16-31-22)27(28,29)30)26(36)25-24(19-9-3-2-4-10-19)33-23-11-5-6-14-35(23)25;1-10-3-2-8-18-13(10)7-6-12-5-4-11(9-19-12)14(15,16)17;17-14(18)13-12(10-6-2-1-3-7-10)15-11-8-4-5-9-16(11)13;/h2-6,9-14,16,18,21H,7-8,15,17H2,1H3,(H,31,32);4-5,9-10,13,18H,2-3,6-8H2,1H3;1-9H,(H,17,18);1H/t18-,21-;10-,13-;;/m11../s1. The number of amides is 1. The lowest BCUT2D eigenvalue weighted by Gasteiger charge is -2.40. The van der Waals surface area contributed by atoms with Crippen molar-refractivity contribution in [2.45, 2.75) is 76.8 Å². The monoisotopic (exact) mass is 1130 g/mol. The minimum absolute atomic E-state index is 0. The highest BCUT2D eigenvalue weighted by Crippen LogP contribution is 2.33. The van der Waals surface area contributed by atoms with Crippen molar-refractivity contribution in [3.8, 4) is 22.5 Å². The Labute approximate surface area is 441 Å². The number of carbonyl (C=O) groups is 2. The number of piperidine rings is 2. The summed E-state index contributed by atoms with van der Waals surface area (Å²) in [7, 11) is 0. The van der Waals surface area contributed by atoms with Crippen molar-refractivity contribution in [1.82, 2.24) is 39.0 Å². The number of rotatable bonds is 10. The summed E-state index contributed by atoms with van der Waals surface area (Å²) in [5, 5.41) is 16.0. The van der Waals surface area contributed by atoms with Gasteiger partial charge in [0.2, 0.25) is 0 Å². The zero-order valence-corrected chi connectivity index (χ0v) is 42.9. The third-order valence-electron chi connectivity index (χ3n) is 13.3. The number of aryl methyl sites for hydroxylation is 1. The van der Waals surface area contributed by atoms with Crippen LogP contribution in [0.25, 0.3) is 33.8 Å². The first-order chi connectivity index (χ1) is 35.1. The van der Waals surface area contributed by atoms with Crippen molar-refractivity contribution >= 4 is 53.0 Å². The van der Waals surface area contributed by atoms with E-state index in [1.54, 1.807) is 22.7 Å². The summed E-state index contributed by atoms with van der Waals surface area (Å²) in [6, 6.07) is 35.2. The third kappa shape index (κ3) is 13.3. The van der Waals surface area contributed by atoms with Crippen LogP contribution in [-0.2, 0) is 18.8 Å². The van der Waals surface area contributed by atoms with Crippen molar-refractivity contribution in [2.24, 2.45) is 11.8 Å². The predicted molar refractivity (Wildman–Crippen MR) is 282 cm³/mol. The molecular formula is C55H56F6IN9O3. The Balaban J connectivity index is 0.000000177. The van der Waals surface area contributed by atoms with Gasteiger partial charge in [-0.1, -0.05) is 86.6 Å². The molecule has 0 radical (unpaired) electrons. The molecule has 2 aliphatic rings. The Hall–Kier alpha value is -6.87. The van der Waals surface area contributed by atoms with Crippen LogP contribution in [0.2, 0.25) is 0 Å². The molecule has 2 aromatic carbocycles. The SMILES string of the molecule is C[C@@H]1CCCN(C(=O)c2c(-c3ccccc3)nc3ccccn23)[C@@H]1CNc1ccc(C(F)(F)F)cn1.C[C@@H]1CCCN[C@@H]1CCc1ccc(C(F)(F)F)cn1.I.O=C(O)c1c(-c2ccccc2)nc2ccccn12. The summed E-state index contributed by atoms with van der Waals surface area (Å²) in [6.07, 6.45) is 2.46. The van der Waals surface area contributed by atoms with Crippen molar-refractivity contribution < 1.29 is 41.0 Å². The summed E-state index contributed by atoms with van der Waals surface area (Å²) in [4.78, 5) is 44.3. The van der Waals surface area contributed by atoms with Crippen LogP contribution in [0.4, 0.5) is 32.2 Å². The highest BCUT2D eigenvalue weighted by Gasteiger charge is 2.36. The van der Waals surface area contributed by atoms with Gasteiger partial charge in [0.15, 0.2) is 5.69 Å². The summed E-state index contributed by atoms with van der Waals surface area (Å²) in [5.74, 6) is 0.0685. The van der Waals surface area contributed by atoms with E-state index < -0.39 is 29.4 Å². The van der Waals surface area contributed by atoms with Crippen LogP contribution in [0.5, 0.6) is 0 Å². The molecular weight excluding hydrogens is 1080 g/mol. The number of fused-ring (bicyclic) bond motifs is 2. The van der Waals surface area contributed by atoms with Gasteiger partial charge in [-0.2, -0.15) is 26.3 Å². The largest absolute Gasteiger partial charge is 0.476 e. The number of alkyl halides is 6. The van der Waals surface area contributed by atoms with Gasteiger partial charge in [0.25, 0.3) is 5.91 Å². The molecule has 74 heavy (non-hydrogen) atoms. The molecule has 0 aliphatic carbocycles. The topological polar surface area (TPSA) is 142 Å². The molecule has 2 fully saturated rings. The number of hydrogen-bond donors (Lipinski definition) is 3. The van der Waals surface area contributed by atoms with E-state index in [0.29, 0.717) is 59.2 Å². The molecule has 19 heteroatoms. The van der Waals surface area contributed by atoms with E-state index in [4.69, 9.17) is 4.98 Å². The van der Waals surface area contributed by atoms with Crippen LogP contribution >= 0.6 is 24.0 Å². The first-order valence-electron chi connectivity index (χ1n) is 24.2. The first kappa shape index (κ1) is 54.9. The van der Waals surface area contributed by atoms with Crippen LogP contribution < -0.4 is 10.6 Å². The summed E-state index contributed by atoms with van der Waals surface area (Å²) >= 11 is 0. The number of likely N-dealkylation sites (tertiary alicyclic amines) is 1. The van der Waals surface area contributed by atoms with Crippen LogP contribution in [0, 0.1) is 11.8 Å². The smallest absolute Gasteiger partial charge is 0.417 e. The van der Waals surface area contributed by atoms with Gasteiger partial charge in [-0.05, 0) is 105 Å². The Bertz CT molecular complexity index is 3100. The van der Waals surface area contributed by atoms with Crippen LogP contribution in [0.15, 0.2) is 146 Å². The fraction of sp³-hybridized carbons (Fsp3) is 0.309. The number of hydrogen-bond acceptors (Lipinski definition) is 8. The quantitative estimate of drug-likeness (QED) is 0.0901. The van der Waals surface area contributed by atoms with E-state index >= 15 is 0 Å². The van der Waals surface area contributed by atoms with Gasteiger partial charge in [-0.25, -0.2) is 19.7 Å². The van der Waals surface area contributed by atoms with Crippen LogP contribution in [0.3, 0.4) is 0 Å². The fourth-order valence-electron chi connectivity index (χ4n) is 9.36. The highest BCUT2D eigenvalue weighted by atomic mass is 127. The Morgan fingerprint density at radius 1 is 0.676 bits per heavy atom. The molecule has 0 saturated carbocycles. The molecule has 0 unspecified atom stereocenters. The molecule has 3 N–H and O–H groups in total. The van der Waals surface area contributed by atoms with Crippen molar-refractivity contribution in [1.29, 1.82) is 0 Å². The summed E-state index contributed by atoms with van der Waals surface area (Å²) in [5.41, 5.74) is 4.06. The number of benzene rings is 2. The van der Waals surface area contributed by atoms with Gasteiger partial charge in [0, 0.05) is 60.7 Å². The molecule has 8 aromatic rings. The normalized spacial score (nSPS) is 17.8. The van der Waals surface area contributed by atoms with Gasteiger partial charge in [-0.3, -0.25) is 18.6 Å². The molecule has 4 atom stereocenters. The number of carboxylic acids is 1. The molecule has 10 rings (SSSR count). The fourth-order valence-corrected chi connectivity index (χ4v) is 9.36. The average Bonchev–Trinajstić information content (AvgIpc) is 3.99. The minimum atomic E-state index is -4.43. The maximum Gasteiger partial charge on any atom is 0.417 e. The lowest BCUT2D eigenvalue weighted by atomic mass is 9.89. The molecule has 6 aromatic heterocycles. The van der Waals surface area contributed by atoms with E-state index in [2.05, 4.69) is 39.4 Å². The van der Waals surface area contributed by atoms with Crippen LogP contribution in [-0.4, -0.2) is 82.3 Å². The number of carboxylic acid groups (broad SMARTS) is 1. The average molecular weight is 1130 g/mol. The molecule has 388 valence electrons. The second-order valence-corrected chi connectivity index (χ2v) is 18.3. The van der Waals surface area contributed by atoms with E-state index in [1.165, 1.54) is 25.0 Å². The Kier molecular flexibility index (Phi) is 18.1. The van der Waals surface area contributed by atoms with E-state index in [1.807, 2.05) is 100 Å². The Morgan fingerprint density at radius 2 is 1.22 bits per heavy atom. The van der Waals surface area contributed by atoms with Crippen molar-refractivity contribution in [3.63, 3.8) is 0 Å². The van der Waals surface area contributed by atoms with E-state index in [-0.39, 0.29) is 47.5 Å². The number of pyridine rings is 4. The summed E-state index contributed by atoms with van der Waals surface area (Å²) in [6.45, 7) is 6.32. The number of carbonyl (C=O) groups excluding carboxylic acids is 1. The molecule has 0 bridgehead atoms. The van der Waals surface area contributed by atoms with Gasteiger partial charge >= 0.3 is 18.3 Å². The van der Waals surface area contributed by atoms with Crippen molar-refractivity contribution in [2.75, 3.05) is 25.0 Å².